The van der Waals surface area contributed by atoms with Crippen molar-refractivity contribution >= 4 is 12.4 Å². The molecule has 2 aliphatic heterocycles. The summed E-state index contributed by atoms with van der Waals surface area (Å²) in [5.74, 6) is -0.848. The quantitative estimate of drug-likeness (QED) is 0.829. The van der Waals surface area contributed by atoms with Gasteiger partial charge in [0.25, 0.3) is 0 Å². The van der Waals surface area contributed by atoms with Crippen LogP contribution in [-0.2, 0) is 12.7 Å². The van der Waals surface area contributed by atoms with E-state index in [2.05, 4.69) is 10.2 Å². The first-order valence-electron chi connectivity index (χ1n) is 7.96. The van der Waals surface area contributed by atoms with Gasteiger partial charge in [0.2, 0.25) is 0 Å². The molecular formula is C16H22ClF4N3. The van der Waals surface area contributed by atoms with Crippen LogP contribution < -0.4 is 5.32 Å². The molecule has 0 saturated carbocycles. The minimum absolute atomic E-state index is 0. The Kier molecular flexibility index (Phi) is 6.47. The molecule has 0 radical (unpaired) electrons. The molecule has 2 heterocycles. The fraction of sp³-hybridized carbons (Fsp3) is 0.625. The standard InChI is InChI=1S/C16H21F4N3.ClH/c17-13-2-1-12(15(9-13)16(18,19)20)11-22-5-7-23(8-6-22)14-3-4-21-10-14;/h1-2,9,14,21H,3-8,10-11H2;1H. The Morgan fingerprint density at radius 3 is 2.42 bits per heavy atom. The zero-order valence-corrected chi connectivity index (χ0v) is 14.1. The molecule has 0 spiro atoms. The topological polar surface area (TPSA) is 18.5 Å². The molecule has 1 aromatic rings. The van der Waals surface area contributed by atoms with Crippen LogP contribution in [-0.4, -0.2) is 55.1 Å². The van der Waals surface area contributed by atoms with Crippen LogP contribution in [0.5, 0.6) is 0 Å². The first-order valence-corrected chi connectivity index (χ1v) is 7.96. The summed E-state index contributed by atoms with van der Waals surface area (Å²) >= 11 is 0. The van der Waals surface area contributed by atoms with E-state index in [1.165, 1.54) is 6.07 Å². The van der Waals surface area contributed by atoms with Gasteiger partial charge in [-0.3, -0.25) is 9.80 Å². The van der Waals surface area contributed by atoms with Gasteiger partial charge < -0.3 is 5.32 Å². The van der Waals surface area contributed by atoms with Crippen molar-refractivity contribution in [3.8, 4) is 0 Å². The molecule has 0 aliphatic carbocycles. The average molecular weight is 368 g/mol. The van der Waals surface area contributed by atoms with Crippen LogP contribution in [0.1, 0.15) is 17.5 Å². The van der Waals surface area contributed by atoms with Gasteiger partial charge in [-0.2, -0.15) is 13.2 Å². The maximum absolute atomic E-state index is 13.2. The van der Waals surface area contributed by atoms with E-state index in [1.54, 1.807) is 0 Å². The van der Waals surface area contributed by atoms with Crippen molar-refractivity contribution in [1.82, 2.24) is 15.1 Å². The highest BCUT2D eigenvalue weighted by molar-refractivity contribution is 5.85. The minimum atomic E-state index is -4.52. The number of rotatable bonds is 3. The largest absolute Gasteiger partial charge is 0.416 e. The van der Waals surface area contributed by atoms with Crippen molar-refractivity contribution in [2.24, 2.45) is 0 Å². The first kappa shape index (κ1) is 19.4. The number of alkyl halides is 3. The van der Waals surface area contributed by atoms with Crippen LogP contribution in [0.2, 0.25) is 0 Å². The van der Waals surface area contributed by atoms with Crippen molar-refractivity contribution in [1.29, 1.82) is 0 Å². The van der Waals surface area contributed by atoms with E-state index in [9.17, 15) is 17.6 Å². The summed E-state index contributed by atoms with van der Waals surface area (Å²) in [6.07, 6.45) is -3.38. The summed E-state index contributed by atoms with van der Waals surface area (Å²) in [6, 6.07) is 3.50. The van der Waals surface area contributed by atoms with Crippen molar-refractivity contribution in [2.75, 3.05) is 39.3 Å². The van der Waals surface area contributed by atoms with Crippen molar-refractivity contribution in [3.63, 3.8) is 0 Å². The number of halogens is 5. The maximum atomic E-state index is 13.2. The van der Waals surface area contributed by atoms with Gasteiger partial charge in [0, 0.05) is 45.3 Å². The summed E-state index contributed by atoms with van der Waals surface area (Å²) in [4.78, 5) is 4.42. The Morgan fingerprint density at radius 1 is 1.12 bits per heavy atom. The molecule has 3 rings (SSSR count). The molecule has 1 unspecified atom stereocenters. The van der Waals surface area contributed by atoms with Crippen LogP contribution in [0.25, 0.3) is 0 Å². The number of benzene rings is 1. The highest BCUT2D eigenvalue weighted by atomic mass is 35.5. The van der Waals surface area contributed by atoms with Crippen LogP contribution >= 0.6 is 12.4 Å². The summed E-state index contributed by atoms with van der Waals surface area (Å²) < 4.78 is 52.3. The second-order valence-corrected chi connectivity index (χ2v) is 6.26. The van der Waals surface area contributed by atoms with Gasteiger partial charge in [-0.05, 0) is 30.7 Å². The van der Waals surface area contributed by atoms with Gasteiger partial charge in [-0.1, -0.05) is 6.07 Å². The lowest BCUT2D eigenvalue weighted by atomic mass is 10.1. The fourth-order valence-electron chi connectivity index (χ4n) is 3.43. The molecule has 0 aromatic heterocycles. The summed E-state index contributed by atoms with van der Waals surface area (Å²) in [6.45, 7) is 5.47. The summed E-state index contributed by atoms with van der Waals surface area (Å²) in [5, 5.41) is 3.33. The third-order valence-electron chi connectivity index (χ3n) is 4.73. The van der Waals surface area contributed by atoms with Crippen LogP contribution in [0.15, 0.2) is 18.2 Å². The second kappa shape index (κ2) is 7.99. The summed E-state index contributed by atoms with van der Waals surface area (Å²) in [5.41, 5.74) is -0.713. The first-order chi connectivity index (χ1) is 10.9. The van der Waals surface area contributed by atoms with Gasteiger partial charge in [-0.15, -0.1) is 12.4 Å². The highest BCUT2D eigenvalue weighted by Crippen LogP contribution is 2.33. The summed E-state index contributed by atoms with van der Waals surface area (Å²) in [7, 11) is 0. The molecule has 1 N–H and O–H groups in total. The van der Waals surface area contributed by atoms with E-state index in [0.29, 0.717) is 12.1 Å². The lowest BCUT2D eigenvalue weighted by Crippen LogP contribution is -2.50. The van der Waals surface area contributed by atoms with Crippen LogP contribution in [0, 0.1) is 5.82 Å². The molecular weight excluding hydrogens is 346 g/mol. The number of hydrogen-bond acceptors (Lipinski definition) is 3. The molecule has 136 valence electrons. The van der Waals surface area contributed by atoms with E-state index in [0.717, 1.165) is 51.8 Å². The van der Waals surface area contributed by atoms with E-state index >= 15 is 0 Å². The zero-order chi connectivity index (χ0) is 16.4. The van der Waals surface area contributed by atoms with E-state index in [-0.39, 0.29) is 24.5 Å². The van der Waals surface area contributed by atoms with E-state index in [4.69, 9.17) is 0 Å². The molecule has 1 atom stereocenters. The maximum Gasteiger partial charge on any atom is 0.416 e. The SMILES string of the molecule is Cl.Fc1ccc(CN2CCN(C3CCNC3)CC2)c(C(F)(F)F)c1. The number of nitrogens with zero attached hydrogens (tertiary/aromatic N) is 2. The Bertz CT molecular complexity index is 539. The molecule has 8 heteroatoms. The van der Waals surface area contributed by atoms with Gasteiger partial charge in [0.1, 0.15) is 5.82 Å². The Labute approximate surface area is 145 Å². The number of hydrogen-bond donors (Lipinski definition) is 1. The fourth-order valence-corrected chi connectivity index (χ4v) is 3.43. The molecule has 0 amide bonds. The molecule has 24 heavy (non-hydrogen) atoms. The van der Waals surface area contributed by atoms with Crippen LogP contribution in [0.3, 0.4) is 0 Å². The second-order valence-electron chi connectivity index (χ2n) is 6.26. The molecule has 2 fully saturated rings. The highest BCUT2D eigenvalue weighted by Gasteiger charge is 2.34. The van der Waals surface area contributed by atoms with Crippen LogP contribution in [0.4, 0.5) is 17.6 Å². The van der Waals surface area contributed by atoms with E-state index < -0.39 is 17.6 Å². The monoisotopic (exact) mass is 367 g/mol. The molecule has 2 aliphatic rings. The average Bonchev–Trinajstić information content (AvgIpc) is 3.03. The molecule has 0 bridgehead atoms. The molecule has 2 saturated heterocycles. The Morgan fingerprint density at radius 2 is 1.83 bits per heavy atom. The third-order valence-corrected chi connectivity index (χ3v) is 4.73. The van der Waals surface area contributed by atoms with Gasteiger partial charge in [0.15, 0.2) is 0 Å². The Balaban J connectivity index is 0.00000208. The molecule has 1 aromatic carbocycles. The lowest BCUT2D eigenvalue weighted by molar-refractivity contribution is -0.138. The van der Waals surface area contributed by atoms with Crippen molar-refractivity contribution in [3.05, 3.63) is 35.1 Å². The Hall–Kier alpha value is -0.890. The number of piperazine rings is 1. The van der Waals surface area contributed by atoms with Gasteiger partial charge in [0.05, 0.1) is 5.56 Å². The van der Waals surface area contributed by atoms with Crippen molar-refractivity contribution in [2.45, 2.75) is 25.2 Å². The predicted octanol–water partition coefficient (Wildman–Crippen LogP) is 2.75. The normalized spacial score (nSPS) is 23.2. The van der Waals surface area contributed by atoms with Gasteiger partial charge in [-0.25, -0.2) is 4.39 Å². The van der Waals surface area contributed by atoms with Gasteiger partial charge >= 0.3 is 6.18 Å². The number of nitrogens with one attached hydrogen (secondary N) is 1. The molecule has 3 nitrogen and oxygen atoms in total. The third kappa shape index (κ3) is 4.59. The van der Waals surface area contributed by atoms with Crippen molar-refractivity contribution < 1.29 is 17.6 Å². The lowest BCUT2D eigenvalue weighted by Gasteiger charge is -2.38. The predicted molar refractivity (Wildman–Crippen MR) is 86.8 cm³/mol. The minimum Gasteiger partial charge on any atom is -0.315 e. The van der Waals surface area contributed by atoms with E-state index in [1.807, 2.05) is 4.90 Å². The zero-order valence-electron chi connectivity index (χ0n) is 13.3. The smallest absolute Gasteiger partial charge is 0.315 e.